The van der Waals surface area contributed by atoms with Crippen LogP contribution in [0.25, 0.3) is 0 Å². The summed E-state index contributed by atoms with van der Waals surface area (Å²) in [6.07, 6.45) is 4.86. The van der Waals surface area contributed by atoms with Gasteiger partial charge in [0.15, 0.2) is 0 Å². The highest BCUT2D eigenvalue weighted by Crippen LogP contribution is 2.39. The van der Waals surface area contributed by atoms with Crippen LogP contribution in [-0.2, 0) is 0 Å². The molecule has 1 aromatic rings. The smallest absolute Gasteiger partial charge is 0.134 e. The van der Waals surface area contributed by atoms with Gasteiger partial charge in [0, 0.05) is 0 Å². The molecule has 0 amide bonds. The van der Waals surface area contributed by atoms with Gasteiger partial charge in [-0.2, -0.15) is 11.8 Å². The van der Waals surface area contributed by atoms with E-state index < -0.39 is 0 Å². The number of hydrogen-bond acceptors (Lipinski definition) is 5. The summed E-state index contributed by atoms with van der Waals surface area (Å²) in [5.74, 6) is 1.26. The topological polar surface area (TPSA) is 51.8 Å². The molecule has 1 saturated heterocycles. The molecule has 84 valence electrons. The van der Waals surface area contributed by atoms with Gasteiger partial charge >= 0.3 is 0 Å². The fourth-order valence-corrected chi connectivity index (χ4v) is 4.11. The first-order valence-electron chi connectivity index (χ1n) is 5.51. The third-order valence-corrected chi connectivity index (χ3v) is 5.37. The molecule has 1 aliphatic heterocycles. The highest BCUT2D eigenvalue weighted by atomic mass is 32.2. The standard InChI is InChI=1S/C10H17N3S2/c1-2-7(11)9-12-13-10(15-9)8-5-3-4-6-14-8/h7-8H,2-6,11H2,1H3. The summed E-state index contributed by atoms with van der Waals surface area (Å²) >= 11 is 3.72. The van der Waals surface area contributed by atoms with Gasteiger partial charge in [-0.05, 0) is 25.0 Å². The van der Waals surface area contributed by atoms with E-state index in [0.717, 1.165) is 11.4 Å². The Labute approximate surface area is 98.9 Å². The van der Waals surface area contributed by atoms with Crippen LogP contribution >= 0.6 is 23.1 Å². The molecule has 0 saturated carbocycles. The lowest BCUT2D eigenvalue weighted by molar-refractivity contribution is 0.668. The van der Waals surface area contributed by atoms with Crippen molar-refractivity contribution in [2.45, 2.75) is 43.9 Å². The molecular weight excluding hydrogens is 226 g/mol. The van der Waals surface area contributed by atoms with Crippen LogP contribution in [0.15, 0.2) is 0 Å². The highest BCUT2D eigenvalue weighted by Gasteiger charge is 2.21. The molecule has 1 fully saturated rings. The zero-order valence-corrected chi connectivity index (χ0v) is 10.6. The summed E-state index contributed by atoms with van der Waals surface area (Å²) in [7, 11) is 0. The molecule has 15 heavy (non-hydrogen) atoms. The summed E-state index contributed by atoms with van der Waals surface area (Å²) in [4.78, 5) is 0. The fourth-order valence-electron chi connectivity index (χ4n) is 1.64. The Bertz CT molecular complexity index is 307. The second-order valence-electron chi connectivity index (χ2n) is 3.85. The predicted molar refractivity (Wildman–Crippen MR) is 66.2 cm³/mol. The normalized spacial score (nSPS) is 24.0. The molecule has 2 N–H and O–H groups in total. The van der Waals surface area contributed by atoms with Crippen molar-refractivity contribution in [2.24, 2.45) is 5.73 Å². The van der Waals surface area contributed by atoms with Crippen LogP contribution in [0.4, 0.5) is 0 Å². The maximum absolute atomic E-state index is 5.94. The van der Waals surface area contributed by atoms with E-state index in [0.29, 0.717) is 5.25 Å². The Morgan fingerprint density at radius 1 is 1.47 bits per heavy atom. The number of hydrogen-bond donors (Lipinski definition) is 1. The van der Waals surface area contributed by atoms with Crippen molar-refractivity contribution in [1.29, 1.82) is 0 Å². The van der Waals surface area contributed by atoms with E-state index in [1.54, 1.807) is 11.3 Å². The minimum Gasteiger partial charge on any atom is -0.322 e. The summed E-state index contributed by atoms with van der Waals surface area (Å²) in [5.41, 5.74) is 5.94. The lowest BCUT2D eigenvalue weighted by Gasteiger charge is -2.18. The van der Waals surface area contributed by atoms with Gasteiger partial charge < -0.3 is 5.73 Å². The molecule has 2 atom stereocenters. The fraction of sp³-hybridized carbons (Fsp3) is 0.800. The molecular formula is C10H17N3S2. The van der Waals surface area contributed by atoms with Gasteiger partial charge in [-0.1, -0.05) is 24.7 Å². The average Bonchev–Trinajstić information content (AvgIpc) is 2.78. The minimum absolute atomic E-state index is 0.0739. The van der Waals surface area contributed by atoms with E-state index in [4.69, 9.17) is 5.73 Å². The highest BCUT2D eigenvalue weighted by molar-refractivity contribution is 7.99. The van der Waals surface area contributed by atoms with Crippen molar-refractivity contribution in [3.63, 3.8) is 0 Å². The molecule has 2 rings (SSSR count). The van der Waals surface area contributed by atoms with Crippen LogP contribution in [0.3, 0.4) is 0 Å². The van der Waals surface area contributed by atoms with Gasteiger partial charge in [0.05, 0.1) is 11.3 Å². The first-order chi connectivity index (χ1) is 7.31. The predicted octanol–water partition coefficient (Wildman–Crippen LogP) is 2.91. The first-order valence-corrected chi connectivity index (χ1v) is 7.38. The first kappa shape index (κ1) is 11.4. The molecule has 1 aromatic heterocycles. The number of thioether (sulfide) groups is 1. The Morgan fingerprint density at radius 2 is 2.33 bits per heavy atom. The van der Waals surface area contributed by atoms with Crippen molar-refractivity contribution >= 4 is 23.1 Å². The molecule has 0 spiro atoms. The van der Waals surface area contributed by atoms with Gasteiger partial charge in [-0.25, -0.2) is 0 Å². The Morgan fingerprint density at radius 3 is 3.00 bits per heavy atom. The van der Waals surface area contributed by atoms with Crippen molar-refractivity contribution in [1.82, 2.24) is 10.2 Å². The molecule has 0 aromatic carbocycles. The second-order valence-corrected chi connectivity index (χ2v) is 6.20. The van der Waals surface area contributed by atoms with Gasteiger partial charge in [0.1, 0.15) is 10.0 Å². The molecule has 1 aliphatic rings. The number of nitrogens with two attached hydrogens (primary N) is 1. The molecule has 3 nitrogen and oxygen atoms in total. The lowest BCUT2D eigenvalue weighted by Crippen LogP contribution is -2.07. The van der Waals surface area contributed by atoms with Crippen molar-refractivity contribution in [3.05, 3.63) is 10.0 Å². The quantitative estimate of drug-likeness (QED) is 0.887. The maximum atomic E-state index is 5.94. The Hall–Kier alpha value is -0.130. The number of aromatic nitrogens is 2. The van der Waals surface area contributed by atoms with Crippen LogP contribution in [0.5, 0.6) is 0 Å². The van der Waals surface area contributed by atoms with E-state index in [2.05, 4.69) is 17.1 Å². The van der Waals surface area contributed by atoms with E-state index in [-0.39, 0.29) is 6.04 Å². The Balaban J connectivity index is 2.05. The van der Waals surface area contributed by atoms with Gasteiger partial charge in [-0.3, -0.25) is 0 Å². The van der Waals surface area contributed by atoms with Crippen LogP contribution in [-0.4, -0.2) is 16.0 Å². The minimum atomic E-state index is 0.0739. The van der Waals surface area contributed by atoms with Crippen molar-refractivity contribution in [3.8, 4) is 0 Å². The van der Waals surface area contributed by atoms with E-state index >= 15 is 0 Å². The maximum Gasteiger partial charge on any atom is 0.134 e. The number of nitrogens with zero attached hydrogens (tertiary/aromatic N) is 2. The Kier molecular flexibility index (Phi) is 3.99. The van der Waals surface area contributed by atoms with Crippen LogP contribution < -0.4 is 5.73 Å². The molecule has 2 unspecified atom stereocenters. The van der Waals surface area contributed by atoms with Crippen molar-refractivity contribution in [2.75, 3.05) is 5.75 Å². The van der Waals surface area contributed by atoms with Crippen molar-refractivity contribution < 1.29 is 0 Å². The van der Waals surface area contributed by atoms with E-state index in [9.17, 15) is 0 Å². The lowest BCUT2D eigenvalue weighted by atomic mass is 10.2. The van der Waals surface area contributed by atoms with Gasteiger partial charge in [0.2, 0.25) is 0 Å². The monoisotopic (exact) mass is 243 g/mol. The van der Waals surface area contributed by atoms with Crippen LogP contribution in [0, 0.1) is 0 Å². The summed E-state index contributed by atoms with van der Waals surface area (Å²) in [5, 5.41) is 11.2. The van der Waals surface area contributed by atoms with Gasteiger partial charge in [-0.15, -0.1) is 10.2 Å². The molecule has 0 aliphatic carbocycles. The third-order valence-electron chi connectivity index (χ3n) is 2.67. The number of rotatable bonds is 3. The molecule has 2 heterocycles. The zero-order chi connectivity index (χ0) is 10.7. The average molecular weight is 243 g/mol. The zero-order valence-electron chi connectivity index (χ0n) is 8.98. The third kappa shape index (κ3) is 2.71. The van der Waals surface area contributed by atoms with Crippen LogP contribution in [0.1, 0.15) is 53.9 Å². The SMILES string of the molecule is CCC(N)c1nnc(C2CCCCS2)s1. The molecule has 5 heteroatoms. The summed E-state index contributed by atoms with van der Waals surface area (Å²) in [6.45, 7) is 2.08. The van der Waals surface area contributed by atoms with E-state index in [1.165, 1.54) is 30.0 Å². The van der Waals surface area contributed by atoms with Crippen LogP contribution in [0.2, 0.25) is 0 Å². The second kappa shape index (κ2) is 5.27. The van der Waals surface area contributed by atoms with Gasteiger partial charge in [0.25, 0.3) is 0 Å². The molecule has 0 bridgehead atoms. The largest absolute Gasteiger partial charge is 0.322 e. The summed E-state index contributed by atoms with van der Waals surface area (Å²) in [6, 6.07) is 0.0739. The molecule has 0 radical (unpaired) electrons. The van der Waals surface area contributed by atoms with E-state index in [1.807, 2.05) is 11.8 Å². The summed E-state index contributed by atoms with van der Waals surface area (Å²) < 4.78 is 0.